The van der Waals surface area contributed by atoms with Gasteiger partial charge in [0.1, 0.15) is 5.82 Å². The van der Waals surface area contributed by atoms with Gasteiger partial charge in [-0.2, -0.15) is 0 Å². The van der Waals surface area contributed by atoms with Crippen LogP contribution in [0.5, 0.6) is 0 Å². The smallest absolute Gasteiger partial charge is 0.225 e. The Hall–Kier alpha value is -1.84. The van der Waals surface area contributed by atoms with E-state index in [0.29, 0.717) is 12.5 Å². The number of rotatable bonds is 6. The molecular formula is C19H29N3O. The Bertz CT molecular complexity index is 667. The predicted molar refractivity (Wildman–Crippen MR) is 95.4 cm³/mol. The maximum absolute atomic E-state index is 12.0. The fourth-order valence-electron chi connectivity index (χ4n) is 2.51. The summed E-state index contributed by atoms with van der Waals surface area (Å²) in [5.41, 5.74) is 1.87. The molecule has 0 aliphatic rings. The van der Waals surface area contributed by atoms with Gasteiger partial charge in [0.25, 0.3) is 0 Å². The van der Waals surface area contributed by atoms with Crippen molar-refractivity contribution in [3.05, 3.63) is 30.1 Å². The van der Waals surface area contributed by atoms with E-state index in [2.05, 4.69) is 41.9 Å². The SMILES string of the molecule is CCC(C)Cn1c(CCNC(=O)C(C)(C)C)nc2ccccc21. The summed E-state index contributed by atoms with van der Waals surface area (Å²) >= 11 is 0. The van der Waals surface area contributed by atoms with E-state index in [1.54, 1.807) is 0 Å². The summed E-state index contributed by atoms with van der Waals surface area (Å²) < 4.78 is 2.31. The average Bonchev–Trinajstić information content (AvgIpc) is 2.84. The molecule has 0 spiro atoms. The highest BCUT2D eigenvalue weighted by Crippen LogP contribution is 2.19. The second kappa shape index (κ2) is 7.16. The van der Waals surface area contributed by atoms with Crippen molar-refractivity contribution in [1.29, 1.82) is 0 Å². The van der Waals surface area contributed by atoms with Crippen LogP contribution in [0, 0.1) is 11.3 Å². The zero-order valence-corrected chi connectivity index (χ0v) is 15.0. The van der Waals surface area contributed by atoms with E-state index in [4.69, 9.17) is 4.98 Å². The number of aromatic nitrogens is 2. The summed E-state index contributed by atoms with van der Waals surface area (Å²) in [4.78, 5) is 16.8. The van der Waals surface area contributed by atoms with Crippen LogP contribution in [0.15, 0.2) is 24.3 Å². The Morgan fingerprint density at radius 1 is 1.30 bits per heavy atom. The lowest BCUT2D eigenvalue weighted by Crippen LogP contribution is -2.36. The molecule has 2 aromatic rings. The van der Waals surface area contributed by atoms with Gasteiger partial charge < -0.3 is 9.88 Å². The van der Waals surface area contributed by atoms with Gasteiger partial charge in [0.15, 0.2) is 0 Å². The minimum atomic E-state index is -0.350. The third kappa shape index (κ3) is 4.34. The summed E-state index contributed by atoms with van der Waals surface area (Å²) in [7, 11) is 0. The summed E-state index contributed by atoms with van der Waals surface area (Å²) in [6.45, 7) is 11.9. The molecule has 126 valence electrons. The van der Waals surface area contributed by atoms with Crippen molar-refractivity contribution in [1.82, 2.24) is 14.9 Å². The first-order valence-corrected chi connectivity index (χ1v) is 8.55. The number of hydrogen-bond acceptors (Lipinski definition) is 2. The van der Waals surface area contributed by atoms with E-state index in [1.165, 1.54) is 5.52 Å². The zero-order chi connectivity index (χ0) is 17.0. The van der Waals surface area contributed by atoms with Gasteiger partial charge in [0, 0.05) is 24.9 Å². The lowest BCUT2D eigenvalue weighted by atomic mass is 9.96. The molecule has 1 aromatic carbocycles. The molecule has 0 aliphatic heterocycles. The molecule has 1 amide bonds. The van der Waals surface area contributed by atoms with Gasteiger partial charge in [0.05, 0.1) is 11.0 Å². The van der Waals surface area contributed by atoms with Crippen LogP contribution < -0.4 is 5.32 Å². The molecule has 0 saturated carbocycles. The number of hydrogen-bond donors (Lipinski definition) is 1. The van der Waals surface area contributed by atoms with Crippen LogP contribution in [0.3, 0.4) is 0 Å². The third-order valence-electron chi connectivity index (χ3n) is 4.24. The number of amides is 1. The summed E-state index contributed by atoms with van der Waals surface area (Å²) in [5, 5.41) is 3.02. The average molecular weight is 315 g/mol. The Morgan fingerprint density at radius 3 is 2.65 bits per heavy atom. The van der Waals surface area contributed by atoms with Crippen LogP contribution in [0.4, 0.5) is 0 Å². The molecule has 0 radical (unpaired) electrons. The summed E-state index contributed by atoms with van der Waals surface area (Å²) in [6.07, 6.45) is 1.90. The van der Waals surface area contributed by atoms with Gasteiger partial charge >= 0.3 is 0 Å². The van der Waals surface area contributed by atoms with Crippen LogP contribution in [-0.4, -0.2) is 22.0 Å². The molecule has 0 fully saturated rings. The molecule has 1 unspecified atom stereocenters. The van der Waals surface area contributed by atoms with Crippen molar-refractivity contribution in [2.75, 3.05) is 6.54 Å². The Morgan fingerprint density at radius 2 is 2.00 bits per heavy atom. The molecule has 23 heavy (non-hydrogen) atoms. The standard InChI is InChI=1S/C19H29N3O/c1-6-14(2)13-22-16-10-8-7-9-15(16)21-17(22)11-12-20-18(23)19(3,4)5/h7-10,14H,6,11-13H2,1-5H3,(H,20,23). The zero-order valence-electron chi connectivity index (χ0n) is 15.0. The first-order valence-electron chi connectivity index (χ1n) is 8.55. The minimum Gasteiger partial charge on any atom is -0.355 e. The molecule has 1 heterocycles. The van der Waals surface area contributed by atoms with Gasteiger partial charge in [-0.25, -0.2) is 4.98 Å². The van der Waals surface area contributed by atoms with E-state index in [1.807, 2.05) is 26.8 Å². The molecule has 1 aromatic heterocycles. The Balaban J connectivity index is 2.16. The fourth-order valence-corrected chi connectivity index (χ4v) is 2.51. The molecule has 1 N–H and O–H groups in total. The van der Waals surface area contributed by atoms with E-state index in [0.717, 1.165) is 30.7 Å². The number of carbonyl (C=O) groups is 1. The van der Waals surface area contributed by atoms with Crippen LogP contribution in [0.2, 0.25) is 0 Å². The number of nitrogens with one attached hydrogen (secondary N) is 1. The number of benzene rings is 1. The summed E-state index contributed by atoms with van der Waals surface area (Å²) in [5.74, 6) is 1.75. The predicted octanol–water partition coefficient (Wildman–Crippen LogP) is 3.79. The van der Waals surface area contributed by atoms with Crippen LogP contribution in [0.1, 0.15) is 46.9 Å². The van der Waals surface area contributed by atoms with E-state index < -0.39 is 0 Å². The highest BCUT2D eigenvalue weighted by molar-refractivity contribution is 5.81. The molecule has 2 rings (SSSR count). The number of fused-ring (bicyclic) bond motifs is 1. The van der Waals surface area contributed by atoms with Crippen LogP contribution in [0.25, 0.3) is 11.0 Å². The van der Waals surface area contributed by atoms with E-state index in [9.17, 15) is 4.79 Å². The largest absolute Gasteiger partial charge is 0.355 e. The van der Waals surface area contributed by atoms with Crippen LogP contribution in [-0.2, 0) is 17.8 Å². The minimum absolute atomic E-state index is 0.0853. The second-order valence-corrected chi connectivity index (χ2v) is 7.40. The van der Waals surface area contributed by atoms with Gasteiger partial charge in [0.2, 0.25) is 5.91 Å². The molecule has 1 atom stereocenters. The first kappa shape index (κ1) is 17.5. The van der Waals surface area contributed by atoms with Crippen molar-refractivity contribution in [3.63, 3.8) is 0 Å². The van der Waals surface area contributed by atoms with Crippen molar-refractivity contribution in [2.24, 2.45) is 11.3 Å². The lowest BCUT2D eigenvalue weighted by molar-refractivity contribution is -0.128. The molecule has 0 saturated heterocycles. The van der Waals surface area contributed by atoms with E-state index >= 15 is 0 Å². The maximum atomic E-state index is 12.0. The normalized spacial score (nSPS) is 13.3. The lowest BCUT2D eigenvalue weighted by Gasteiger charge is -2.18. The number of imidazole rings is 1. The maximum Gasteiger partial charge on any atom is 0.225 e. The van der Waals surface area contributed by atoms with Gasteiger partial charge in [-0.1, -0.05) is 53.2 Å². The molecule has 4 nitrogen and oxygen atoms in total. The molecule has 4 heteroatoms. The fraction of sp³-hybridized carbons (Fsp3) is 0.579. The van der Waals surface area contributed by atoms with Crippen LogP contribution >= 0.6 is 0 Å². The van der Waals surface area contributed by atoms with E-state index in [-0.39, 0.29) is 11.3 Å². The molecular weight excluding hydrogens is 286 g/mol. The highest BCUT2D eigenvalue weighted by Gasteiger charge is 2.21. The molecule has 0 bridgehead atoms. The number of nitrogens with zero attached hydrogens (tertiary/aromatic N) is 2. The number of carbonyl (C=O) groups excluding carboxylic acids is 1. The monoisotopic (exact) mass is 315 g/mol. The first-order chi connectivity index (χ1) is 10.8. The van der Waals surface area contributed by atoms with Gasteiger partial charge in [-0.15, -0.1) is 0 Å². The summed E-state index contributed by atoms with van der Waals surface area (Å²) in [6, 6.07) is 8.26. The van der Waals surface area contributed by atoms with Gasteiger partial charge in [-0.3, -0.25) is 4.79 Å². The van der Waals surface area contributed by atoms with Crippen molar-refractivity contribution in [3.8, 4) is 0 Å². The van der Waals surface area contributed by atoms with Crippen molar-refractivity contribution in [2.45, 2.75) is 54.0 Å². The number of para-hydroxylation sites is 2. The quantitative estimate of drug-likeness (QED) is 0.881. The Kier molecular flexibility index (Phi) is 5.45. The Labute approximate surface area is 139 Å². The van der Waals surface area contributed by atoms with Crippen molar-refractivity contribution >= 4 is 16.9 Å². The third-order valence-corrected chi connectivity index (χ3v) is 4.24. The highest BCUT2D eigenvalue weighted by atomic mass is 16.2. The van der Waals surface area contributed by atoms with Crippen molar-refractivity contribution < 1.29 is 4.79 Å². The topological polar surface area (TPSA) is 46.9 Å². The second-order valence-electron chi connectivity index (χ2n) is 7.40. The van der Waals surface area contributed by atoms with Gasteiger partial charge in [-0.05, 0) is 18.1 Å². The molecule has 0 aliphatic carbocycles.